The van der Waals surface area contributed by atoms with Crippen molar-refractivity contribution in [2.24, 2.45) is 10.7 Å². The molecule has 0 spiro atoms. The van der Waals surface area contributed by atoms with Crippen LogP contribution in [-0.4, -0.2) is 36.0 Å². The van der Waals surface area contributed by atoms with Crippen LogP contribution in [0, 0.1) is 13.8 Å². The quantitative estimate of drug-likeness (QED) is 0.433. The van der Waals surface area contributed by atoms with Crippen LogP contribution in [0.5, 0.6) is 0 Å². The molecule has 0 aromatic carbocycles. The van der Waals surface area contributed by atoms with Crippen molar-refractivity contribution >= 4 is 5.96 Å². The summed E-state index contributed by atoms with van der Waals surface area (Å²) in [5, 5.41) is 7.42. The predicted molar refractivity (Wildman–Crippen MR) is 77.1 cm³/mol. The van der Waals surface area contributed by atoms with Crippen molar-refractivity contribution in [3.05, 3.63) is 29.6 Å². The molecule has 6 nitrogen and oxygen atoms in total. The Hall–Kier alpha value is -1.82. The third kappa shape index (κ3) is 4.40. The predicted octanol–water partition coefficient (Wildman–Crippen LogP) is 0.737. The smallest absolute Gasteiger partial charge is 0.189 e. The zero-order valence-electron chi connectivity index (χ0n) is 11.9. The number of aliphatic imine (C=N–C) groups is 1. The standard InChI is InChI=1S/C13H23N5O/c1-5-6-15-13(14)16-9-12-10(2)17-18(11(12)3)7-8-19-4/h5H,1,6-9H2,2-4H3,(H3,14,15,16). The first-order chi connectivity index (χ1) is 9.10. The molecule has 1 rings (SSSR count). The highest BCUT2D eigenvalue weighted by Gasteiger charge is 2.10. The van der Waals surface area contributed by atoms with Crippen molar-refractivity contribution in [3.63, 3.8) is 0 Å². The average molecular weight is 265 g/mol. The number of hydrogen-bond acceptors (Lipinski definition) is 3. The Morgan fingerprint density at radius 2 is 2.32 bits per heavy atom. The number of aryl methyl sites for hydroxylation is 1. The summed E-state index contributed by atoms with van der Waals surface area (Å²) in [7, 11) is 1.68. The second kappa shape index (κ2) is 7.58. The van der Waals surface area contributed by atoms with Crippen molar-refractivity contribution in [2.45, 2.75) is 26.9 Å². The molecule has 19 heavy (non-hydrogen) atoms. The SMILES string of the molecule is C=CCNC(N)=NCc1c(C)nn(CCOC)c1C. The Morgan fingerprint density at radius 3 is 2.95 bits per heavy atom. The van der Waals surface area contributed by atoms with Crippen molar-refractivity contribution in [2.75, 3.05) is 20.3 Å². The summed E-state index contributed by atoms with van der Waals surface area (Å²) in [5.74, 6) is 0.420. The van der Waals surface area contributed by atoms with Gasteiger partial charge in [-0.25, -0.2) is 4.99 Å². The molecule has 6 heteroatoms. The van der Waals surface area contributed by atoms with E-state index in [0.29, 0.717) is 25.7 Å². The van der Waals surface area contributed by atoms with Crippen LogP contribution in [0.4, 0.5) is 0 Å². The fraction of sp³-hybridized carbons (Fsp3) is 0.538. The molecule has 0 radical (unpaired) electrons. The van der Waals surface area contributed by atoms with Gasteiger partial charge in [0.1, 0.15) is 0 Å². The number of guanidine groups is 1. The van der Waals surface area contributed by atoms with Crippen LogP contribution in [0.15, 0.2) is 17.6 Å². The highest BCUT2D eigenvalue weighted by atomic mass is 16.5. The first-order valence-electron chi connectivity index (χ1n) is 6.26. The normalized spacial score (nSPS) is 11.6. The van der Waals surface area contributed by atoms with E-state index in [1.54, 1.807) is 13.2 Å². The third-order valence-corrected chi connectivity index (χ3v) is 2.87. The molecule has 0 aliphatic heterocycles. The zero-order chi connectivity index (χ0) is 14.3. The molecule has 0 atom stereocenters. The summed E-state index contributed by atoms with van der Waals surface area (Å²) in [6, 6.07) is 0. The molecular weight excluding hydrogens is 242 g/mol. The van der Waals surface area contributed by atoms with Gasteiger partial charge in [0.05, 0.1) is 25.4 Å². The summed E-state index contributed by atoms with van der Waals surface area (Å²) < 4.78 is 7.01. The van der Waals surface area contributed by atoms with E-state index in [-0.39, 0.29) is 0 Å². The molecule has 0 amide bonds. The fourth-order valence-electron chi connectivity index (χ4n) is 1.76. The molecule has 1 heterocycles. The van der Waals surface area contributed by atoms with E-state index in [0.717, 1.165) is 23.5 Å². The Morgan fingerprint density at radius 1 is 1.58 bits per heavy atom. The molecule has 1 aromatic heterocycles. The molecule has 0 aliphatic carbocycles. The average Bonchev–Trinajstić information content (AvgIpc) is 2.66. The van der Waals surface area contributed by atoms with E-state index in [2.05, 4.69) is 22.0 Å². The van der Waals surface area contributed by atoms with Gasteiger partial charge < -0.3 is 15.8 Å². The lowest BCUT2D eigenvalue weighted by Crippen LogP contribution is -2.31. The third-order valence-electron chi connectivity index (χ3n) is 2.87. The van der Waals surface area contributed by atoms with Crippen molar-refractivity contribution in [1.29, 1.82) is 0 Å². The first kappa shape index (κ1) is 15.2. The number of aromatic nitrogens is 2. The zero-order valence-corrected chi connectivity index (χ0v) is 11.9. The Kier molecular flexibility index (Phi) is 6.08. The molecule has 0 fully saturated rings. The summed E-state index contributed by atoms with van der Waals surface area (Å²) in [5.41, 5.74) is 8.94. The highest BCUT2D eigenvalue weighted by molar-refractivity contribution is 5.77. The molecule has 0 bridgehead atoms. The summed E-state index contributed by atoms with van der Waals surface area (Å²) >= 11 is 0. The minimum Gasteiger partial charge on any atom is -0.383 e. The number of rotatable bonds is 7. The number of ether oxygens (including phenoxy) is 1. The molecule has 0 saturated heterocycles. The lowest BCUT2D eigenvalue weighted by molar-refractivity contribution is 0.182. The maximum absolute atomic E-state index is 5.74. The van der Waals surface area contributed by atoms with Crippen molar-refractivity contribution in [1.82, 2.24) is 15.1 Å². The van der Waals surface area contributed by atoms with Gasteiger partial charge in [-0.1, -0.05) is 6.08 Å². The minimum absolute atomic E-state index is 0.420. The van der Waals surface area contributed by atoms with Gasteiger partial charge in [0.25, 0.3) is 0 Å². The van der Waals surface area contributed by atoms with Gasteiger partial charge in [0, 0.05) is 24.9 Å². The van der Waals surface area contributed by atoms with Gasteiger partial charge in [-0.3, -0.25) is 4.68 Å². The monoisotopic (exact) mass is 265 g/mol. The molecule has 0 unspecified atom stereocenters. The Labute approximate surface area is 114 Å². The van der Waals surface area contributed by atoms with E-state index in [4.69, 9.17) is 10.5 Å². The number of hydrogen-bond donors (Lipinski definition) is 2. The highest BCUT2D eigenvalue weighted by Crippen LogP contribution is 2.14. The van der Waals surface area contributed by atoms with Crippen LogP contribution >= 0.6 is 0 Å². The Bertz CT molecular complexity index is 450. The van der Waals surface area contributed by atoms with Gasteiger partial charge in [0.2, 0.25) is 0 Å². The molecule has 1 aromatic rings. The number of nitrogens with zero attached hydrogens (tertiary/aromatic N) is 3. The molecule has 0 aliphatic rings. The van der Waals surface area contributed by atoms with Gasteiger partial charge >= 0.3 is 0 Å². The largest absolute Gasteiger partial charge is 0.383 e. The van der Waals surface area contributed by atoms with Crippen molar-refractivity contribution < 1.29 is 4.74 Å². The van der Waals surface area contributed by atoms with Gasteiger partial charge in [-0.15, -0.1) is 6.58 Å². The maximum atomic E-state index is 5.74. The van der Waals surface area contributed by atoms with Crippen LogP contribution in [0.25, 0.3) is 0 Å². The van der Waals surface area contributed by atoms with Gasteiger partial charge in [-0.05, 0) is 13.8 Å². The van der Waals surface area contributed by atoms with Gasteiger partial charge in [0.15, 0.2) is 5.96 Å². The molecule has 3 N–H and O–H groups in total. The summed E-state index contributed by atoms with van der Waals surface area (Å²) in [6.07, 6.45) is 1.74. The second-order valence-corrected chi connectivity index (χ2v) is 4.24. The fourth-order valence-corrected chi connectivity index (χ4v) is 1.76. The van der Waals surface area contributed by atoms with Crippen LogP contribution < -0.4 is 11.1 Å². The molecule has 106 valence electrons. The number of methoxy groups -OCH3 is 1. The summed E-state index contributed by atoms with van der Waals surface area (Å²) in [6.45, 7) is 10.2. The van der Waals surface area contributed by atoms with Crippen LogP contribution in [0.2, 0.25) is 0 Å². The van der Waals surface area contributed by atoms with Crippen LogP contribution in [0.3, 0.4) is 0 Å². The number of nitrogens with two attached hydrogens (primary N) is 1. The minimum atomic E-state index is 0.420. The first-order valence-corrected chi connectivity index (χ1v) is 6.26. The van der Waals surface area contributed by atoms with E-state index >= 15 is 0 Å². The molecular formula is C13H23N5O. The van der Waals surface area contributed by atoms with E-state index in [1.807, 2.05) is 18.5 Å². The maximum Gasteiger partial charge on any atom is 0.189 e. The number of nitrogens with one attached hydrogen (secondary N) is 1. The van der Waals surface area contributed by atoms with E-state index in [1.165, 1.54) is 0 Å². The molecule has 0 saturated carbocycles. The van der Waals surface area contributed by atoms with Gasteiger partial charge in [-0.2, -0.15) is 5.10 Å². The topological polar surface area (TPSA) is 77.5 Å². The lowest BCUT2D eigenvalue weighted by atomic mass is 10.2. The second-order valence-electron chi connectivity index (χ2n) is 4.24. The van der Waals surface area contributed by atoms with E-state index < -0.39 is 0 Å². The van der Waals surface area contributed by atoms with E-state index in [9.17, 15) is 0 Å². The van der Waals surface area contributed by atoms with Crippen LogP contribution in [-0.2, 0) is 17.8 Å². The van der Waals surface area contributed by atoms with Crippen LogP contribution in [0.1, 0.15) is 17.0 Å². The lowest BCUT2D eigenvalue weighted by Gasteiger charge is -2.04. The Balaban J connectivity index is 2.72. The van der Waals surface area contributed by atoms with Crippen molar-refractivity contribution in [3.8, 4) is 0 Å². The summed E-state index contributed by atoms with van der Waals surface area (Å²) in [4.78, 5) is 4.30.